The van der Waals surface area contributed by atoms with E-state index in [-0.39, 0.29) is 5.82 Å². The number of aromatic nitrogens is 1. The van der Waals surface area contributed by atoms with Crippen LogP contribution in [0.15, 0.2) is 36.7 Å². The molecule has 4 heteroatoms. The molecule has 1 aromatic carbocycles. The fourth-order valence-electron chi connectivity index (χ4n) is 1.33. The van der Waals surface area contributed by atoms with E-state index >= 15 is 0 Å². The van der Waals surface area contributed by atoms with E-state index in [0.29, 0.717) is 21.2 Å². The minimum absolute atomic E-state index is 0.323. The molecule has 0 aliphatic rings. The van der Waals surface area contributed by atoms with Crippen LogP contribution in [0.4, 0.5) is 4.39 Å². The molecule has 0 unspecified atom stereocenters. The van der Waals surface area contributed by atoms with Crippen molar-refractivity contribution in [2.45, 2.75) is 0 Å². The van der Waals surface area contributed by atoms with Crippen LogP contribution < -0.4 is 0 Å². The van der Waals surface area contributed by atoms with E-state index in [1.54, 1.807) is 12.1 Å². The lowest BCUT2D eigenvalue weighted by Crippen LogP contribution is -1.84. The summed E-state index contributed by atoms with van der Waals surface area (Å²) < 4.78 is 13.0. The first-order valence-corrected chi connectivity index (χ1v) is 4.99. The van der Waals surface area contributed by atoms with Crippen molar-refractivity contribution in [2.24, 2.45) is 0 Å². The molecule has 1 nitrogen and oxygen atoms in total. The van der Waals surface area contributed by atoms with Crippen LogP contribution in [-0.2, 0) is 0 Å². The van der Waals surface area contributed by atoms with E-state index in [2.05, 4.69) is 4.98 Å². The summed E-state index contributed by atoms with van der Waals surface area (Å²) in [5, 5.41) is 0.821. The van der Waals surface area contributed by atoms with Crippen molar-refractivity contribution in [2.75, 3.05) is 0 Å². The zero-order valence-corrected chi connectivity index (χ0v) is 9.06. The predicted molar refractivity (Wildman–Crippen MR) is 59.7 cm³/mol. The molecule has 0 radical (unpaired) electrons. The van der Waals surface area contributed by atoms with Crippen molar-refractivity contribution in [3.05, 3.63) is 52.5 Å². The second kappa shape index (κ2) is 4.17. The maximum Gasteiger partial charge on any atom is 0.123 e. The summed E-state index contributed by atoms with van der Waals surface area (Å²) in [6.07, 6.45) is 2.96. The highest BCUT2D eigenvalue weighted by Gasteiger charge is 2.08. The third-order valence-electron chi connectivity index (χ3n) is 1.97. The topological polar surface area (TPSA) is 12.9 Å². The third-order valence-corrected chi connectivity index (χ3v) is 2.54. The van der Waals surface area contributed by atoms with Crippen molar-refractivity contribution in [1.82, 2.24) is 4.98 Å². The molecule has 0 amide bonds. The molecule has 0 aliphatic heterocycles. The molecule has 0 saturated heterocycles. The van der Waals surface area contributed by atoms with Gasteiger partial charge in [0.15, 0.2) is 0 Å². The number of hydrogen-bond donors (Lipinski definition) is 0. The first kappa shape index (κ1) is 10.4. The number of halogens is 3. The Morgan fingerprint density at radius 1 is 1.07 bits per heavy atom. The van der Waals surface area contributed by atoms with E-state index in [1.807, 2.05) is 0 Å². The Morgan fingerprint density at radius 2 is 1.73 bits per heavy atom. The zero-order valence-electron chi connectivity index (χ0n) is 7.55. The summed E-state index contributed by atoms with van der Waals surface area (Å²) >= 11 is 11.9. The Hall–Kier alpha value is -1.12. The molecule has 0 aliphatic carbocycles. The van der Waals surface area contributed by atoms with Gasteiger partial charge in [0.25, 0.3) is 0 Å². The molecule has 0 saturated carbocycles. The summed E-state index contributed by atoms with van der Waals surface area (Å²) in [4.78, 5) is 3.83. The number of nitrogens with zero attached hydrogens (tertiary/aromatic N) is 1. The summed E-state index contributed by atoms with van der Waals surface area (Å²) in [5.74, 6) is -0.323. The van der Waals surface area contributed by atoms with Crippen molar-refractivity contribution >= 4 is 23.2 Å². The monoisotopic (exact) mass is 241 g/mol. The zero-order chi connectivity index (χ0) is 10.8. The van der Waals surface area contributed by atoms with Crippen molar-refractivity contribution in [3.8, 4) is 11.1 Å². The number of benzene rings is 1. The van der Waals surface area contributed by atoms with Crippen molar-refractivity contribution < 1.29 is 4.39 Å². The minimum atomic E-state index is -0.323. The van der Waals surface area contributed by atoms with Gasteiger partial charge in [-0.2, -0.15) is 0 Å². The van der Waals surface area contributed by atoms with Gasteiger partial charge in [-0.3, -0.25) is 4.98 Å². The molecule has 0 spiro atoms. The molecule has 0 N–H and O–H groups in total. The van der Waals surface area contributed by atoms with Gasteiger partial charge in [0.2, 0.25) is 0 Å². The Kier molecular flexibility index (Phi) is 2.89. The Balaban J connectivity index is 2.63. The number of pyridine rings is 1. The van der Waals surface area contributed by atoms with Gasteiger partial charge in [-0.1, -0.05) is 35.3 Å². The van der Waals surface area contributed by atoms with E-state index in [9.17, 15) is 4.39 Å². The predicted octanol–water partition coefficient (Wildman–Crippen LogP) is 4.19. The van der Waals surface area contributed by atoms with E-state index in [4.69, 9.17) is 23.2 Å². The van der Waals surface area contributed by atoms with Crippen LogP contribution in [-0.4, -0.2) is 4.98 Å². The van der Waals surface area contributed by atoms with Gasteiger partial charge in [-0.25, -0.2) is 4.39 Å². The summed E-state index contributed by atoms with van der Waals surface area (Å²) in [7, 11) is 0. The molecule has 0 atom stereocenters. The molecular weight excluding hydrogens is 236 g/mol. The molecule has 76 valence electrons. The van der Waals surface area contributed by atoms with Crippen LogP contribution in [0.2, 0.25) is 10.0 Å². The number of hydrogen-bond acceptors (Lipinski definition) is 1. The van der Waals surface area contributed by atoms with Gasteiger partial charge in [-0.15, -0.1) is 0 Å². The Bertz CT molecular complexity index is 479. The van der Waals surface area contributed by atoms with Crippen molar-refractivity contribution in [3.63, 3.8) is 0 Å². The molecule has 0 fully saturated rings. The van der Waals surface area contributed by atoms with Gasteiger partial charge < -0.3 is 0 Å². The molecular formula is C11H6Cl2FN. The highest BCUT2D eigenvalue weighted by atomic mass is 35.5. The lowest BCUT2D eigenvalue weighted by Gasteiger charge is -2.05. The molecule has 1 aromatic heterocycles. The van der Waals surface area contributed by atoms with Crippen LogP contribution in [0.5, 0.6) is 0 Å². The van der Waals surface area contributed by atoms with Crippen LogP contribution in [0.25, 0.3) is 11.1 Å². The van der Waals surface area contributed by atoms with Gasteiger partial charge >= 0.3 is 0 Å². The normalized spacial score (nSPS) is 10.3. The molecule has 2 aromatic rings. The van der Waals surface area contributed by atoms with Gasteiger partial charge in [0.1, 0.15) is 5.82 Å². The minimum Gasteiger partial charge on any atom is -0.262 e. The third kappa shape index (κ3) is 2.11. The smallest absolute Gasteiger partial charge is 0.123 e. The highest BCUT2D eigenvalue weighted by molar-refractivity contribution is 6.38. The van der Waals surface area contributed by atoms with Crippen LogP contribution >= 0.6 is 23.2 Å². The quantitative estimate of drug-likeness (QED) is 0.730. The average molecular weight is 242 g/mol. The Labute approximate surface area is 96.5 Å². The second-order valence-corrected chi connectivity index (χ2v) is 3.80. The fourth-order valence-corrected chi connectivity index (χ4v) is 1.91. The summed E-state index contributed by atoms with van der Waals surface area (Å²) in [5.41, 5.74) is 1.25. The van der Waals surface area contributed by atoms with Crippen LogP contribution in [0.3, 0.4) is 0 Å². The molecule has 2 rings (SSSR count). The van der Waals surface area contributed by atoms with Gasteiger partial charge in [-0.05, 0) is 17.7 Å². The van der Waals surface area contributed by atoms with Gasteiger partial charge in [0, 0.05) is 18.0 Å². The maximum absolute atomic E-state index is 13.0. The SMILES string of the molecule is Fc1cccc(-c2c(Cl)cncc2Cl)c1. The standard InChI is InChI=1S/C11H6Cl2FN/c12-9-5-15-6-10(13)11(9)7-2-1-3-8(14)4-7/h1-6H. The van der Waals surface area contributed by atoms with E-state index in [1.165, 1.54) is 24.5 Å². The summed E-state index contributed by atoms with van der Waals surface area (Å²) in [6.45, 7) is 0. The fraction of sp³-hybridized carbons (Fsp3) is 0. The maximum atomic E-state index is 13.0. The first-order valence-electron chi connectivity index (χ1n) is 4.23. The lowest BCUT2D eigenvalue weighted by atomic mass is 10.1. The van der Waals surface area contributed by atoms with Crippen LogP contribution in [0, 0.1) is 5.82 Å². The molecule has 15 heavy (non-hydrogen) atoms. The van der Waals surface area contributed by atoms with E-state index in [0.717, 1.165) is 0 Å². The highest BCUT2D eigenvalue weighted by Crippen LogP contribution is 2.33. The second-order valence-electron chi connectivity index (χ2n) is 2.99. The largest absolute Gasteiger partial charge is 0.262 e. The average Bonchev–Trinajstić information content (AvgIpc) is 2.17. The lowest BCUT2D eigenvalue weighted by molar-refractivity contribution is 0.628. The Morgan fingerprint density at radius 3 is 2.33 bits per heavy atom. The van der Waals surface area contributed by atoms with Crippen LogP contribution in [0.1, 0.15) is 0 Å². The van der Waals surface area contributed by atoms with E-state index < -0.39 is 0 Å². The summed E-state index contributed by atoms with van der Waals surface area (Å²) in [6, 6.07) is 6.10. The number of rotatable bonds is 1. The molecule has 1 heterocycles. The van der Waals surface area contributed by atoms with Gasteiger partial charge in [0.05, 0.1) is 10.0 Å². The molecule has 0 bridgehead atoms. The first-order chi connectivity index (χ1) is 7.18. The van der Waals surface area contributed by atoms with Crippen molar-refractivity contribution in [1.29, 1.82) is 0 Å².